The summed E-state index contributed by atoms with van der Waals surface area (Å²) in [5.74, 6) is 1.54. The number of ether oxygens (including phenoxy) is 2. The van der Waals surface area contributed by atoms with E-state index < -0.39 is 0 Å². The molecular formula is C26H27N5O3. The van der Waals surface area contributed by atoms with Crippen LogP contribution < -0.4 is 15.6 Å². The standard InChI is InChI=1S/C26H27N5O3/c1-18(27-16-26(12-13-26)17-33-2)21-10-6-7-11-22(21)34-15-20-14-23(32)31-25(28-20)29-24(30-31)19-8-4-3-5-9-19/h3-11,14,27H,1,12-13,15-17H2,2H3,(H,28,29,30). The number of nitrogens with one attached hydrogen (secondary N) is 2. The molecule has 0 aliphatic heterocycles. The average Bonchev–Trinajstić information content (AvgIpc) is 3.49. The van der Waals surface area contributed by atoms with Gasteiger partial charge in [-0.3, -0.25) is 4.79 Å². The maximum Gasteiger partial charge on any atom is 0.276 e. The van der Waals surface area contributed by atoms with Crippen LogP contribution in [0.25, 0.3) is 22.9 Å². The predicted molar refractivity (Wildman–Crippen MR) is 130 cm³/mol. The van der Waals surface area contributed by atoms with Gasteiger partial charge in [0.05, 0.1) is 12.3 Å². The van der Waals surface area contributed by atoms with Gasteiger partial charge in [0.2, 0.25) is 5.78 Å². The molecule has 8 heteroatoms. The van der Waals surface area contributed by atoms with E-state index in [2.05, 4.69) is 27.0 Å². The Balaban J connectivity index is 1.31. The molecule has 0 atom stereocenters. The van der Waals surface area contributed by atoms with Crippen molar-refractivity contribution in [3.05, 3.63) is 88.9 Å². The van der Waals surface area contributed by atoms with Crippen molar-refractivity contribution in [2.75, 3.05) is 20.3 Å². The van der Waals surface area contributed by atoms with Gasteiger partial charge < -0.3 is 19.8 Å². The third-order valence-corrected chi connectivity index (χ3v) is 6.10. The summed E-state index contributed by atoms with van der Waals surface area (Å²) >= 11 is 0. The Bertz CT molecular complexity index is 1370. The molecule has 0 saturated heterocycles. The lowest BCUT2D eigenvalue weighted by atomic mass is 10.1. The second-order valence-electron chi connectivity index (χ2n) is 8.72. The van der Waals surface area contributed by atoms with Crippen molar-refractivity contribution in [1.29, 1.82) is 0 Å². The van der Waals surface area contributed by atoms with E-state index in [1.165, 1.54) is 10.6 Å². The lowest BCUT2D eigenvalue weighted by Crippen LogP contribution is -2.26. The largest absolute Gasteiger partial charge is 0.487 e. The first-order valence-corrected chi connectivity index (χ1v) is 11.3. The molecule has 1 fully saturated rings. The molecule has 0 spiro atoms. The third-order valence-electron chi connectivity index (χ3n) is 6.10. The Morgan fingerprint density at radius 1 is 1.18 bits per heavy atom. The van der Waals surface area contributed by atoms with Crippen LogP contribution in [0, 0.1) is 5.41 Å². The molecule has 1 saturated carbocycles. The van der Waals surface area contributed by atoms with Crippen molar-refractivity contribution in [3.63, 3.8) is 0 Å². The molecule has 5 rings (SSSR count). The van der Waals surface area contributed by atoms with Gasteiger partial charge in [0, 0.05) is 42.0 Å². The molecule has 2 N–H and O–H groups in total. The van der Waals surface area contributed by atoms with Crippen LogP contribution in [0.3, 0.4) is 0 Å². The Morgan fingerprint density at radius 2 is 1.94 bits per heavy atom. The van der Waals surface area contributed by atoms with Crippen LogP contribution in [0.4, 0.5) is 0 Å². The highest BCUT2D eigenvalue weighted by molar-refractivity contribution is 5.67. The van der Waals surface area contributed by atoms with Crippen LogP contribution in [-0.2, 0) is 11.3 Å². The van der Waals surface area contributed by atoms with Crippen LogP contribution in [0.5, 0.6) is 5.75 Å². The summed E-state index contributed by atoms with van der Waals surface area (Å²) in [5, 5.41) is 7.77. The Kier molecular flexibility index (Phi) is 5.90. The maximum atomic E-state index is 12.6. The first kappa shape index (κ1) is 21.9. The van der Waals surface area contributed by atoms with Crippen molar-refractivity contribution < 1.29 is 9.47 Å². The maximum absolute atomic E-state index is 12.6. The van der Waals surface area contributed by atoms with Gasteiger partial charge in [0.25, 0.3) is 5.56 Å². The summed E-state index contributed by atoms with van der Waals surface area (Å²) < 4.78 is 12.7. The van der Waals surface area contributed by atoms with E-state index in [0.717, 1.165) is 42.8 Å². The van der Waals surface area contributed by atoms with E-state index in [1.54, 1.807) is 7.11 Å². The number of aromatic amines is 1. The molecule has 0 amide bonds. The number of nitrogens with zero attached hydrogens (tertiary/aromatic N) is 3. The number of aromatic nitrogens is 4. The molecular weight excluding hydrogens is 430 g/mol. The molecule has 1 aliphatic carbocycles. The molecule has 0 unspecified atom stereocenters. The normalized spacial score (nSPS) is 14.1. The first-order valence-electron chi connectivity index (χ1n) is 11.3. The van der Waals surface area contributed by atoms with E-state index in [9.17, 15) is 4.79 Å². The predicted octanol–water partition coefficient (Wildman–Crippen LogP) is 3.65. The SMILES string of the molecule is C=C(NCC1(COC)CC1)c1ccccc1OCc1cc(=O)n2nc(-c3ccccc3)nc2[nH]1. The van der Waals surface area contributed by atoms with Crippen LogP contribution in [0.1, 0.15) is 24.1 Å². The van der Waals surface area contributed by atoms with Crippen LogP contribution in [0.2, 0.25) is 0 Å². The minimum absolute atomic E-state index is 0.178. The summed E-state index contributed by atoms with van der Waals surface area (Å²) in [5.41, 5.74) is 3.07. The topological polar surface area (TPSA) is 93.5 Å². The third kappa shape index (κ3) is 4.58. The summed E-state index contributed by atoms with van der Waals surface area (Å²) in [7, 11) is 1.74. The van der Waals surface area contributed by atoms with Gasteiger partial charge in [-0.1, -0.05) is 49.0 Å². The van der Waals surface area contributed by atoms with E-state index in [0.29, 0.717) is 23.0 Å². The fraction of sp³-hybridized carbons (Fsp3) is 0.269. The van der Waals surface area contributed by atoms with Crippen molar-refractivity contribution >= 4 is 11.5 Å². The lowest BCUT2D eigenvalue weighted by molar-refractivity contribution is 0.142. The van der Waals surface area contributed by atoms with Crippen molar-refractivity contribution in [2.24, 2.45) is 5.41 Å². The Morgan fingerprint density at radius 3 is 2.71 bits per heavy atom. The smallest absolute Gasteiger partial charge is 0.276 e. The number of benzene rings is 2. The molecule has 34 heavy (non-hydrogen) atoms. The summed E-state index contributed by atoms with van der Waals surface area (Å²) in [6.45, 7) is 5.94. The van der Waals surface area contributed by atoms with Crippen LogP contribution in [-0.4, -0.2) is 39.8 Å². The van der Waals surface area contributed by atoms with E-state index in [1.807, 2.05) is 54.6 Å². The summed E-state index contributed by atoms with van der Waals surface area (Å²) in [6.07, 6.45) is 2.31. The molecule has 2 aromatic carbocycles. The van der Waals surface area contributed by atoms with Crippen molar-refractivity contribution in [3.8, 4) is 17.1 Å². The molecule has 1 aliphatic rings. The minimum atomic E-state index is -0.269. The molecule has 2 heterocycles. The number of H-pyrrole nitrogens is 1. The fourth-order valence-electron chi connectivity index (χ4n) is 3.97. The Labute approximate surface area is 197 Å². The number of hydrogen-bond donors (Lipinski definition) is 2. The second-order valence-corrected chi connectivity index (χ2v) is 8.72. The van der Waals surface area contributed by atoms with Gasteiger partial charge >= 0.3 is 0 Å². The zero-order valence-electron chi connectivity index (χ0n) is 19.1. The van der Waals surface area contributed by atoms with Crippen LogP contribution in [0.15, 0.2) is 72.0 Å². The quantitative estimate of drug-likeness (QED) is 0.378. The minimum Gasteiger partial charge on any atom is -0.487 e. The number of hydrogen-bond acceptors (Lipinski definition) is 6. The van der Waals surface area contributed by atoms with E-state index in [4.69, 9.17) is 9.47 Å². The highest BCUT2D eigenvalue weighted by Crippen LogP contribution is 2.45. The van der Waals surface area contributed by atoms with Crippen molar-refractivity contribution in [2.45, 2.75) is 19.4 Å². The van der Waals surface area contributed by atoms with Crippen molar-refractivity contribution in [1.82, 2.24) is 24.9 Å². The summed E-state index contributed by atoms with van der Waals surface area (Å²) in [6, 6.07) is 18.8. The van der Waals surface area contributed by atoms with Gasteiger partial charge in [0.1, 0.15) is 12.4 Å². The number of fused-ring (bicyclic) bond motifs is 1. The van der Waals surface area contributed by atoms with E-state index in [-0.39, 0.29) is 17.6 Å². The van der Waals surface area contributed by atoms with Gasteiger partial charge in [-0.05, 0) is 25.0 Å². The molecule has 0 bridgehead atoms. The lowest BCUT2D eigenvalue weighted by Gasteiger charge is -2.19. The number of rotatable bonds is 10. The monoisotopic (exact) mass is 457 g/mol. The number of para-hydroxylation sites is 1. The number of methoxy groups -OCH3 is 1. The molecule has 2 aromatic heterocycles. The zero-order chi connectivity index (χ0) is 23.5. The molecule has 0 radical (unpaired) electrons. The van der Waals surface area contributed by atoms with Crippen LogP contribution >= 0.6 is 0 Å². The first-order chi connectivity index (χ1) is 16.6. The highest BCUT2D eigenvalue weighted by Gasteiger charge is 2.42. The average molecular weight is 458 g/mol. The summed E-state index contributed by atoms with van der Waals surface area (Å²) in [4.78, 5) is 20.3. The molecule has 4 aromatic rings. The zero-order valence-corrected chi connectivity index (χ0v) is 19.1. The second kappa shape index (κ2) is 9.15. The Hall–Kier alpha value is -3.91. The van der Waals surface area contributed by atoms with Gasteiger partial charge in [-0.2, -0.15) is 9.50 Å². The van der Waals surface area contributed by atoms with Gasteiger partial charge in [-0.25, -0.2) is 0 Å². The molecule has 8 nitrogen and oxygen atoms in total. The highest BCUT2D eigenvalue weighted by atomic mass is 16.5. The van der Waals surface area contributed by atoms with Gasteiger partial charge in [0.15, 0.2) is 5.82 Å². The fourth-order valence-corrected chi connectivity index (χ4v) is 3.97. The molecule has 174 valence electrons. The van der Waals surface area contributed by atoms with E-state index >= 15 is 0 Å². The van der Waals surface area contributed by atoms with Gasteiger partial charge in [-0.15, -0.1) is 5.10 Å².